The molecule has 1 aliphatic rings. The molecule has 158 valence electrons. The highest BCUT2D eigenvalue weighted by Gasteiger charge is 2.30. The molecule has 0 saturated carbocycles. The summed E-state index contributed by atoms with van der Waals surface area (Å²) < 4.78 is 43.0. The first kappa shape index (κ1) is 20.9. The van der Waals surface area contributed by atoms with Gasteiger partial charge >= 0.3 is 0 Å². The molecule has 0 atom stereocenters. The average Bonchev–Trinajstić information content (AvgIpc) is 3.09. The molecule has 1 aliphatic heterocycles. The number of nitrogens with one attached hydrogen (secondary N) is 1. The lowest BCUT2D eigenvalue weighted by molar-refractivity contribution is 0.145. The minimum absolute atomic E-state index is 0.281. The van der Waals surface area contributed by atoms with Gasteiger partial charge in [-0.3, -0.25) is 10.00 Å². The Morgan fingerprint density at radius 1 is 1.07 bits per heavy atom. The fourth-order valence-electron chi connectivity index (χ4n) is 3.40. The fraction of sp³-hybridized carbons (Fsp3) is 0.300. The van der Waals surface area contributed by atoms with Gasteiger partial charge in [-0.25, -0.2) is 17.5 Å². The van der Waals surface area contributed by atoms with E-state index in [9.17, 15) is 12.8 Å². The molecule has 30 heavy (non-hydrogen) atoms. The summed E-state index contributed by atoms with van der Waals surface area (Å²) in [7, 11) is -3.85. The van der Waals surface area contributed by atoms with E-state index < -0.39 is 15.8 Å². The number of sulfonamides is 1. The topological polar surface area (TPSA) is 74.2 Å². The standard InChI is InChI=1S/C20H22FN5O2S2/c1-15-6-8-16(9-7-15)19-22-20(29)26(23-19)14-24-10-12-25(13-11-24)30(27,28)18-5-3-2-4-17(18)21/h2-9H,10-14H2,1H3,(H,22,23,29). The average molecular weight is 448 g/mol. The quantitative estimate of drug-likeness (QED) is 0.609. The Morgan fingerprint density at radius 2 is 1.73 bits per heavy atom. The monoisotopic (exact) mass is 447 g/mol. The van der Waals surface area contributed by atoms with Gasteiger partial charge in [-0.1, -0.05) is 42.0 Å². The second-order valence-electron chi connectivity index (χ2n) is 7.24. The van der Waals surface area contributed by atoms with E-state index in [4.69, 9.17) is 12.2 Å². The van der Waals surface area contributed by atoms with Crippen LogP contribution in [0.15, 0.2) is 53.4 Å². The van der Waals surface area contributed by atoms with Crippen LogP contribution >= 0.6 is 12.2 Å². The third kappa shape index (κ3) is 4.22. The fourth-order valence-corrected chi connectivity index (χ4v) is 5.08. The van der Waals surface area contributed by atoms with Crippen LogP contribution in [0.5, 0.6) is 0 Å². The maximum atomic E-state index is 14.0. The molecule has 0 amide bonds. The van der Waals surface area contributed by atoms with Gasteiger partial charge in [0, 0.05) is 31.7 Å². The van der Waals surface area contributed by atoms with Crippen LogP contribution in [0.4, 0.5) is 4.39 Å². The number of piperazine rings is 1. The van der Waals surface area contributed by atoms with Crippen molar-refractivity contribution in [3.8, 4) is 11.4 Å². The number of aromatic nitrogens is 3. The molecule has 0 spiro atoms. The van der Waals surface area contributed by atoms with Crippen molar-refractivity contribution in [2.24, 2.45) is 0 Å². The van der Waals surface area contributed by atoms with Gasteiger partial charge in [0.1, 0.15) is 10.7 Å². The second kappa shape index (κ2) is 8.38. The van der Waals surface area contributed by atoms with E-state index in [1.807, 2.05) is 31.2 Å². The number of hydrogen-bond donors (Lipinski definition) is 1. The van der Waals surface area contributed by atoms with Crippen molar-refractivity contribution in [1.29, 1.82) is 0 Å². The smallest absolute Gasteiger partial charge is 0.246 e. The summed E-state index contributed by atoms with van der Waals surface area (Å²) in [6, 6.07) is 13.5. The SMILES string of the molecule is Cc1ccc(-c2nc(=S)n(CN3CCN(S(=O)(=O)c4ccccc4F)CC3)[nH]2)cc1. The van der Waals surface area contributed by atoms with E-state index in [1.165, 1.54) is 28.1 Å². The molecule has 1 N–H and O–H groups in total. The molecule has 0 bridgehead atoms. The van der Waals surface area contributed by atoms with Crippen LogP contribution in [0.1, 0.15) is 5.56 Å². The second-order valence-corrected chi connectivity index (χ2v) is 9.51. The lowest BCUT2D eigenvalue weighted by atomic mass is 10.1. The number of aromatic amines is 1. The Balaban J connectivity index is 1.43. The van der Waals surface area contributed by atoms with E-state index in [-0.39, 0.29) is 18.0 Å². The third-order valence-corrected chi connectivity index (χ3v) is 7.37. The van der Waals surface area contributed by atoms with Crippen LogP contribution in [0.3, 0.4) is 0 Å². The van der Waals surface area contributed by atoms with Gasteiger partial charge in [0.05, 0.1) is 6.67 Å². The molecule has 0 unspecified atom stereocenters. The first-order valence-corrected chi connectivity index (χ1v) is 11.4. The van der Waals surface area contributed by atoms with Crippen LogP contribution in [-0.4, -0.2) is 58.6 Å². The summed E-state index contributed by atoms with van der Waals surface area (Å²) in [6.07, 6.45) is 0. The van der Waals surface area contributed by atoms with Crippen molar-refractivity contribution in [2.45, 2.75) is 18.5 Å². The van der Waals surface area contributed by atoms with E-state index in [2.05, 4.69) is 15.0 Å². The highest BCUT2D eigenvalue weighted by molar-refractivity contribution is 7.89. The number of nitrogens with zero attached hydrogens (tertiary/aromatic N) is 4. The molecular weight excluding hydrogens is 425 g/mol. The van der Waals surface area contributed by atoms with Crippen molar-refractivity contribution in [3.05, 3.63) is 64.7 Å². The summed E-state index contributed by atoms with van der Waals surface area (Å²) in [4.78, 5) is 6.23. The zero-order chi connectivity index (χ0) is 21.3. The van der Waals surface area contributed by atoms with Crippen LogP contribution in [0.2, 0.25) is 0 Å². The molecule has 4 rings (SSSR count). The summed E-state index contributed by atoms with van der Waals surface area (Å²) in [6.45, 7) is 4.08. The lowest BCUT2D eigenvalue weighted by Gasteiger charge is -2.33. The minimum Gasteiger partial charge on any atom is -0.282 e. The Bertz CT molecular complexity index is 1200. The molecule has 2 heterocycles. The van der Waals surface area contributed by atoms with Gasteiger partial charge in [-0.2, -0.15) is 9.29 Å². The normalized spacial score (nSPS) is 16.1. The van der Waals surface area contributed by atoms with Gasteiger partial charge in [0.2, 0.25) is 14.8 Å². The van der Waals surface area contributed by atoms with Crippen molar-refractivity contribution in [3.63, 3.8) is 0 Å². The molecule has 0 aliphatic carbocycles. The molecule has 3 aromatic rings. The zero-order valence-corrected chi connectivity index (χ0v) is 18.1. The van der Waals surface area contributed by atoms with Gasteiger partial charge in [-0.15, -0.1) is 0 Å². The molecular formula is C20H22FN5O2S2. The number of halogens is 1. The Hall–Kier alpha value is -2.40. The predicted octanol–water partition coefficient (Wildman–Crippen LogP) is 3.02. The Labute approximate surface area is 179 Å². The summed E-state index contributed by atoms with van der Waals surface area (Å²) >= 11 is 5.37. The van der Waals surface area contributed by atoms with Crippen molar-refractivity contribution < 1.29 is 12.8 Å². The highest BCUT2D eigenvalue weighted by Crippen LogP contribution is 2.21. The van der Waals surface area contributed by atoms with E-state index in [0.29, 0.717) is 30.4 Å². The van der Waals surface area contributed by atoms with E-state index in [0.717, 1.165) is 11.6 Å². The van der Waals surface area contributed by atoms with E-state index >= 15 is 0 Å². The summed E-state index contributed by atoms with van der Waals surface area (Å²) in [5.41, 5.74) is 2.12. The molecule has 0 radical (unpaired) electrons. The molecule has 1 fully saturated rings. The van der Waals surface area contributed by atoms with Crippen LogP contribution in [0.25, 0.3) is 11.4 Å². The molecule has 1 saturated heterocycles. The van der Waals surface area contributed by atoms with Gasteiger partial charge in [0.15, 0.2) is 5.82 Å². The first-order valence-electron chi connectivity index (χ1n) is 9.55. The summed E-state index contributed by atoms with van der Waals surface area (Å²) in [5.74, 6) is -0.0342. The largest absolute Gasteiger partial charge is 0.282 e. The highest BCUT2D eigenvalue weighted by atomic mass is 32.2. The third-order valence-electron chi connectivity index (χ3n) is 5.13. The maximum Gasteiger partial charge on any atom is 0.246 e. The van der Waals surface area contributed by atoms with Crippen LogP contribution in [0, 0.1) is 17.5 Å². The number of H-pyrrole nitrogens is 1. The van der Waals surface area contributed by atoms with Crippen molar-refractivity contribution >= 4 is 22.2 Å². The Kier molecular flexibility index (Phi) is 5.83. The van der Waals surface area contributed by atoms with Crippen LogP contribution < -0.4 is 0 Å². The van der Waals surface area contributed by atoms with Crippen molar-refractivity contribution in [2.75, 3.05) is 26.2 Å². The summed E-state index contributed by atoms with van der Waals surface area (Å²) in [5, 5.41) is 3.22. The minimum atomic E-state index is -3.85. The van der Waals surface area contributed by atoms with Gasteiger partial charge in [0.25, 0.3) is 0 Å². The van der Waals surface area contributed by atoms with Gasteiger partial charge < -0.3 is 0 Å². The van der Waals surface area contributed by atoms with Gasteiger partial charge in [-0.05, 0) is 31.3 Å². The number of rotatable bonds is 5. The predicted molar refractivity (Wildman–Crippen MR) is 114 cm³/mol. The molecule has 7 nitrogen and oxygen atoms in total. The zero-order valence-electron chi connectivity index (χ0n) is 16.5. The van der Waals surface area contributed by atoms with Crippen molar-refractivity contribution in [1.82, 2.24) is 24.0 Å². The molecule has 1 aromatic heterocycles. The molecule has 2 aromatic carbocycles. The van der Waals surface area contributed by atoms with Crippen LogP contribution in [-0.2, 0) is 16.7 Å². The Morgan fingerprint density at radius 3 is 2.40 bits per heavy atom. The first-order chi connectivity index (χ1) is 14.3. The lowest BCUT2D eigenvalue weighted by Crippen LogP contribution is -2.49. The van der Waals surface area contributed by atoms with E-state index in [1.54, 1.807) is 4.68 Å². The maximum absolute atomic E-state index is 14.0. The number of hydrogen-bond acceptors (Lipinski definition) is 5. The molecule has 10 heteroatoms. The number of aryl methyl sites for hydroxylation is 1. The number of benzene rings is 2.